The second-order valence-corrected chi connectivity index (χ2v) is 4.66. The van der Waals surface area contributed by atoms with E-state index in [4.69, 9.17) is 11.6 Å². The zero-order chi connectivity index (χ0) is 14.5. The van der Waals surface area contributed by atoms with E-state index in [9.17, 15) is 4.79 Å². The summed E-state index contributed by atoms with van der Waals surface area (Å²) in [5, 5.41) is 6.01. The van der Waals surface area contributed by atoms with Crippen molar-refractivity contribution >= 4 is 29.1 Å². The summed E-state index contributed by atoms with van der Waals surface area (Å²) in [6.07, 6.45) is 1.69. The SMILES string of the molecule is CCNc1cc(C(=O)Nc2ccc(C)cn2)cc(Cl)n1. The van der Waals surface area contributed by atoms with Crippen molar-refractivity contribution in [2.24, 2.45) is 0 Å². The van der Waals surface area contributed by atoms with Gasteiger partial charge in [-0.2, -0.15) is 0 Å². The molecule has 2 heterocycles. The first-order chi connectivity index (χ1) is 9.58. The average Bonchev–Trinajstić information content (AvgIpc) is 2.41. The second-order valence-electron chi connectivity index (χ2n) is 4.27. The van der Waals surface area contributed by atoms with E-state index in [0.717, 1.165) is 5.56 Å². The Morgan fingerprint density at radius 2 is 2.10 bits per heavy atom. The largest absolute Gasteiger partial charge is 0.370 e. The van der Waals surface area contributed by atoms with Crippen molar-refractivity contribution < 1.29 is 4.79 Å². The van der Waals surface area contributed by atoms with Crippen LogP contribution in [0.2, 0.25) is 5.15 Å². The van der Waals surface area contributed by atoms with Crippen LogP contribution in [0.3, 0.4) is 0 Å². The molecule has 0 aromatic carbocycles. The minimum Gasteiger partial charge on any atom is -0.370 e. The summed E-state index contributed by atoms with van der Waals surface area (Å²) in [4.78, 5) is 20.4. The van der Waals surface area contributed by atoms with Gasteiger partial charge in [-0.3, -0.25) is 4.79 Å². The normalized spacial score (nSPS) is 10.2. The number of pyridine rings is 2. The smallest absolute Gasteiger partial charge is 0.257 e. The van der Waals surface area contributed by atoms with E-state index in [1.54, 1.807) is 18.3 Å². The van der Waals surface area contributed by atoms with Gasteiger partial charge in [-0.1, -0.05) is 17.7 Å². The van der Waals surface area contributed by atoms with Gasteiger partial charge < -0.3 is 10.6 Å². The zero-order valence-electron chi connectivity index (χ0n) is 11.3. The van der Waals surface area contributed by atoms with Gasteiger partial charge in [0.25, 0.3) is 5.91 Å². The molecule has 5 nitrogen and oxygen atoms in total. The highest BCUT2D eigenvalue weighted by molar-refractivity contribution is 6.30. The minimum absolute atomic E-state index is 0.269. The molecular formula is C14H15ClN4O. The van der Waals surface area contributed by atoms with Crippen molar-refractivity contribution in [3.05, 3.63) is 46.7 Å². The highest BCUT2D eigenvalue weighted by atomic mass is 35.5. The Hall–Kier alpha value is -2.14. The van der Waals surface area contributed by atoms with Crippen molar-refractivity contribution in [2.75, 3.05) is 17.2 Å². The van der Waals surface area contributed by atoms with Crippen LogP contribution in [0.4, 0.5) is 11.6 Å². The Bertz CT molecular complexity index is 613. The van der Waals surface area contributed by atoms with Gasteiger partial charge in [-0.15, -0.1) is 0 Å². The van der Waals surface area contributed by atoms with Crippen molar-refractivity contribution in [1.29, 1.82) is 0 Å². The number of nitrogens with one attached hydrogen (secondary N) is 2. The molecule has 0 spiro atoms. The molecular weight excluding hydrogens is 276 g/mol. The van der Waals surface area contributed by atoms with Crippen LogP contribution in [-0.4, -0.2) is 22.4 Å². The average molecular weight is 291 g/mol. The lowest BCUT2D eigenvalue weighted by atomic mass is 10.2. The van der Waals surface area contributed by atoms with Crippen molar-refractivity contribution in [2.45, 2.75) is 13.8 Å². The molecule has 0 aliphatic heterocycles. The van der Waals surface area contributed by atoms with E-state index >= 15 is 0 Å². The molecule has 2 aromatic heterocycles. The van der Waals surface area contributed by atoms with E-state index < -0.39 is 0 Å². The Labute approximate surface area is 122 Å². The molecule has 0 aliphatic carbocycles. The van der Waals surface area contributed by atoms with E-state index in [1.807, 2.05) is 19.9 Å². The maximum atomic E-state index is 12.1. The molecule has 20 heavy (non-hydrogen) atoms. The zero-order valence-corrected chi connectivity index (χ0v) is 12.0. The van der Waals surface area contributed by atoms with Crippen LogP contribution < -0.4 is 10.6 Å². The molecule has 2 N–H and O–H groups in total. The molecule has 0 saturated heterocycles. The molecule has 104 valence electrons. The predicted molar refractivity (Wildman–Crippen MR) is 80.3 cm³/mol. The number of hydrogen-bond donors (Lipinski definition) is 2. The molecule has 0 bridgehead atoms. The van der Waals surface area contributed by atoms with Crippen LogP contribution in [0.1, 0.15) is 22.8 Å². The Morgan fingerprint density at radius 3 is 2.75 bits per heavy atom. The van der Waals surface area contributed by atoms with Crippen molar-refractivity contribution in [3.63, 3.8) is 0 Å². The molecule has 0 unspecified atom stereocenters. The lowest BCUT2D eigenvalue weighted by Gasteiger charge is -2.08. The minimum atomic E-state index is -0.273. The molecule has 0 fully saturated rings. The number of nitrogens with zero attached hydrogens (tertiary/aromatic N) is 2. The lowest BCUT2D eigenvalue weighted by molar-refractivity contribution is 0.102. The summed E-state index contributed by atoms with van der Waals surface area (Å²) in [6.45, 7) is 4.58. The number of aryl methyl sites for hydroxylation is 1. The number of hydrogen-bond acceptors (Lipinski definition) is 4. The van der Waals surface area contributed by atoms with E-state index in [1.165, 1.54) is 6.07 Å². The number of aromatic nitrogens is 2. The third-order valence-corrected chi connectivity index (χ3v) is 2.76. The summed E-state index contributed by atoms with van der Waals surface area (Å²) in [5.41, 5.74) is 1.47. The van der Waals surface area contributed by atoms with Crippen LogP contribution in [0.5, 0.6) is 0 Å². The first-order valence-electron chi connectivity index (χ1n) is 6.24. The quantitative estimate of drug-likeness (QED) is 0.849. The number of halogens is 1. The third-order valence-electron chi connectivity index (χ3n) is 2.57. The molecule has 6 heteroatoms. The van der Waals surface area contributed by atoms with Gasteiger partial charge in [-0.25, -0.2) is 9.97 Å². The van der Waals surface area contributed by atoms with Crippen LogP contribution >= 0.6 is 11.6 Å². The number of amides is 1. The molecule has 0 aliphatic rings. The van der Waals surface area contributed by atoms with Crippen LogP contribution in [0.15, 0.2) is 30.5 Å². The predicted octanol–water partition coefficient (Wildman–Crippen LogP) is 3.12. The molecule has 0 radical (unpaired) electrons. The highest BCUT2D eigenvalue weighted by Crippen LogP contribution is 2.16. The van der Waals surface area contributed by atoms with Gasteiger partial charge in [0.2, 0.25) is 0 Å². The molecule has 0 atom stereocenters. The first kappa shape index (κ1) is 14.3. The number of anilines is 2. The van der Waals surface area contributed by atoms with Gasteiger partial charge in [-0.05, 0) is 37.6 Å². The van der Waals surface area contributed by atoms with Crippen LogP contribution in [-0.2, 0) is 0 Å². The number of carbonyl (C=O) groups is 1. The summed E-state index contributed by atoms with van der Waals surface area (Å²) in [7, 11) is 0. The van der Waals surface area contributed by atoms with E-state index in [0.29, 0.717) is 23.7 Å². The van der Waals surface area contributed by atoms with Gasteiger partial charge in [0.1, 0.15) is 16.8 Å². The van der Waals surface area contributed by atoms with E-state index in [2.05, 4.69) is 20.6 Å². The third kappa shape index (κ3) is 3.68. The molecule has 2 aromatic rings. The van der Waals surface area contributed by atoms with Crippen LogP contribution in [0.25, 0.3) is 0 Å². The summed E-state index contributed by atoms with van der Waals surface area (Å²) >= 11 is 5.91. The topological polar surface area (TPSA) is 66.9 Å². The molecule has 0 saturated carbocycles. The van der Waals surface area contributed by atoms with E-state index in [-0.39, 0.29) is 11.1 Å². The molecule has 2 rings (SSSR count). The van der Waals surface area contributed by atoms with Gasteiger partial charge in [0.05, 0.1) is 0 Å². The van der Waals surface area contributed by atoms with Gasteiger partial charge in [0.15, 0.2) is 0 Å². The maximum absolute atomic E-state index is 12.1. The highest BCUT2D eigenvalue weighted by Gasteiger charge is 2.10. The Kier molecular flexibility index (Phi) is 4.53. The fraction of sp³-hybridized carbons (Fsp3) is 0.214. The van der Waals surface area contributed by atoms with Crippen molar-refractivity contribution in [1.82, 2.24) is 9.97 Å². The summed E-state index contributed by atoms with van der Waals surface area (Å²) in [6, 6.07) is 6.80. The number of carbonyl (C=O) groups excluding carboxylic acids is 1. The Balaban J connectivity index is 2.18. The Morgan fingerprint density at radius 1 is 1.30 bits per heavy atom. The second kappa shape index (κ2) is 6.34. The standard InChI is InChI=1S/C14H15ClN4O/c1-3-16-13-7-10(6-11(15)18-13)14(20)19-12-5-4-9(2)8-17-12/h4-8H,3H2,1-2H3,(H,16,18)(H,17,19,20). The van der Waals surface area contributed by atoms with Crippen molar-refractivity contribution in [3.8, 4) is 0 Å². The van der Waals surface area contributed by atoms with Gasteiger partial charge >= 0.3 is 0 Å². The number of rotatable bonds is 4. The fourth-order valence-electron chi connectivity index (χ4n) is 1.63. The fourth-order valence-corrected chi connectivity index (χ4v) is 1.84. The lowest BCUT2D eigenvalue weighted by Crippen LogP contribution is -2.14. The van der Waals surface area contributed by atoms with Gasteiger partial charge in [0, 0.05) is 18.3 Å². The summed E-state index contributed by atoms with van der Waals surface area (Å²) < 4.78 is 0. The molecule has 1 amide bonds. The summed E-state index contributed by atoms with van der Waals surface area (Å²) in [5.74, 6) is 0.797. The maximum Gasteiger partial charge on any atom is 0.257 e. The van der Waals surface area contributed by atoms with Crippen LogP contribution in [0, 0.1) is 6.92 Å². The monoisotopic (exact) mass is 290 g/mol. The first-order valence-corrected chi connectivity index (χ1v) is 6.61.